The monoisotopic (exact) mass is 240 g/mol. The SMILES string of the molecule is CCc1nn(C(C)(C)C)c(OC)c1CC(=O)O. The first kappa shape index (κ1) is 13.5. The standard InChI is InChI=1S/C12H20N2O3/c1-6-9-8(7-10(15)16)11(17-5)14(13-9)12(2,3)4/h6-7H2,1-5H3,(H,15,16). The third kappa shape index (κ3) is 2.78. The van der Waals surface area contributed by atoms with E-state index in [2.05, 4.69) is 5.10 Å². The van der Waals surface area contributed by atoms with E-state index in [1.165, 1.54) is 0 Å². The summed E-state index contributed by atoms with van der Waals surface area (Å²) in [6.07, 6.45) is 0.643. The molecule has 1 rings (SSSR count). The largest absolute Gasteiger partial charge is 0.481 e. The highest BCUT2D eigenvalue weighted by Gasteiger charge is 2.26. The molecule has 0 aromatic carbocycles. The van der Waals surface area contributed by atoms with Crippen LogP contribution in [-0.2, 0) is 23.2 Å². The van der Waals surface area contributed by atoms with Crippen LogP contribution in [0, 0.1) is 0 Å². The molecule has 0 amide bonds. The summed E-state index contributed by atoms with van der Waals surface area (Å²) in [6.45, 7) is 7.98. The summed E-state index contributed by atoms with van der Waals surface area (Å²) in [5.74, 6) is -0.316. The van der Waals surface area contributed by atoms with Gasteiger partial charge < -0.3 is 9.84 Å². The average Bonchev–Trinajstić information content (AvgIpc) is 2.54. The maximum Gasteiger partial charge on any atom is 0.308 e. The van der Waals surface area contributed by atoms with Gasteiger partial charge in [0.1, 0.15) is 0 Å². The lowest BCUT2D eigenvalue weighted by molar-refractivity contribution is -0.136. The zero-order chi connectivity index (χ0) is 13.2. The number of carbonyl (C=O) groups is 1. The second-order valence-corrected chi connectivity index (χ2v) is 4.94. The van der Waals surface area contributed by atoms with Gasteiger partial charge in [0.25, 0.3) is 0 Å². The third-order valence-corrected chi connectivity index (χ3v) is 2.51. The fourth-order valence-electron chi connectivity index (χ4n) is 1.76. The summed E-state index contributed by atoms with van der Waals surface area (Å²) in [5, 5.41) is 13.4. The highest BCUT2D eigenvalue weighted by atomic mass is 16.5. The van der Waals surface area contributed by atoms with Crippen molar-refractivity contribution in [2.45, 2.75) is 46.1 Å². The van der Waals surface area contributed by atoms with Gasteiger partial charge in [0.05, 0.1) is 24.8 Å². The van der Waals surface area contributed by atoms with E-state index in [4.69, 9.17) is 9.84 Å². The van der Waals surface area contributed by atoms with E-state index in [9.17, 15) is 4.79 Å². The Labute approximate surface area is 101 Å². The normalized spacial score (nSPS) is 11.6. The molecule has 1 N–H and O–H groups in total. The van der Waals surface area contributed by atoms with Gasteiger partial charge >= 0.3 is 5.97 Å². The van der Waals surface area contributed by atoms with Crippen LogP contribution < -0.4 is 4.74 Å². The summed E-state index contributed by atoms with van der Waals surface area (Å²) in [4.78, 5) is 10.9. The second-order valence-electron chi connectivity index (χ2n) is 4.94. The van der Waals surface area contributed by atoms with E-state index in [-0.39, 0.29) is 12.0 Å². The first-order valence-corrected chi connectivity index (χ1v) is 5.68. The predicted octanol–water partition coefficient (Wildman–Crippen LogP) is 1.84. The average molecular weight is 240 g/mol. The maximum atomic E-state index is 10.9. The van der Waals surface area contributed by atoms with Crippen molar-refractivity contribution in [2.24, 2.45) is 0 Å². The van der Waals surface area contributed by atoms with Crippen LogP contribution in [0.5, 0.6) is 5.88 Å². The van der Waals surface area contributed by atoms with Gasteiger partial charge in [0, 0.05) is 5.56 Å². The Morgan fingerprint density at radius 1 is 1.47 bits per heavy atom. The predicted molar refractivity (Wildman–Crippen MR) is 64.5 cm³/mol. The zero-order valence-corrected chi connectivity index (χ0v) is 11.1. The molecule has 0 radical (unpaired) electrons. The van der Waals surface area contributed by atoms with Gasteiger partial charge in [-0.15, -0.1) is 0 Å². The van der Waals surface area contributed by atoms with Crippen molar-refractivity contribution in [3.63, 3.8) is 0 Å². The number of ether oxygens (including phenoxy) is 1. The van der Waals surface area contributed by atoms with E-state index < -0.39 is 5.97 Å². The molecular weight excluding hydrogens is 220 g/mol. The van der Waals surface area contributed by atoms with Crippen LogP contribution in [0.1, 0.15) is 39.0 Å². The number of carboxylic acids is 1. The third-order valence-electron chi connectivity index (χ3n) is 2.51. The first-order valence-electron chi connectivity index (χ1n) is 5.68. The van der Waals surface area contributed by atoms with Crippen molar-refractivity contribution in [1.82, 2.24) is 9.78 Å². The topological polar surface area (TPSA) is 64.4 Å². The summed E-state index contributed by atoms with van der Waals surface area (Å²) in [5.41, 5.74) is 1.24. The number of aliphatic carboxylic acids is 1. The number of methoxy groups -OCH3 is 1. The van der Waals surface area contributed by atoms with Crippen LogP contribution in [0.3, 0.4) is 0 Å². The van der Waals surface area contributed by atoms with Crippen LogP contribution in [0.15, 0.2) is 0 Å². The lowest BCUT2D eigenvalue weighted by atomic mass is 10.1. The molecule has 1 aromatic heterocycles. The molecule has 1 aromatic rings. The number of rotatable bonds is 4. The van der Waals surface area contributed by atoms with Crippen molar-refractivity contribution in [2.75, 3.05) is 7.11 Å². The summed E-state index contributed by atoms with van der Waals surface area (Å²) in [6, 6.07) is 0. The zero-order valence-electron chi connectivity index (χ0n) is 11.1. The fourth-order valence-corrected chi connectivity index (χ4v) is 1.76. The molecule has 0 aliphatic heterocycles. The van der Waals surface area contributed by atoms with Crippen LogP contribution in [-0.4, -0.2) is 28.0 Å². The van der Waals surface area contributed by atoms with Crippen LogP contribution >= 0.6 is 0 Å². The summed E-state index contributed by atoms with van der Waals surface area (Å²) in [7, 11) is 1.55. The Bertz CT molecular complexity index is 416. The van der Waals surface area contributed by atoms with Crippen molar-refractivity contribution in [3.8, 4) is 5.88 Å². The Hall–Kier alpha value is -1.52. The minimum atomic E-state index is -0.869. The second kappa shape index (κ2) is 4.77. The van der Waals surface area contributed by atoms with E-state index >= 15 is 0 Å². The Balaban J connectivity index is 3.35. The molecule has 0 aliphatic rings. The maximum absolute atomic E-state index is 10.9. The van der Waals surface area contributed by atoms with E-state index in [0.29, 0.717) is 17.9 Å². The van der Waals surface area contributed by atoms with Gasteiger partial charge in [-0.05, 0) is 27.2 Å². The molecule has 1 heterocycles. The molecule has 0 bridgehead atoms. The minimum absolute atomic E-state index is 0.0531. The van der Waals surface area contributed by atoms with Crippen molar-refractivity contribution in [3.05, 3.63) is 11.3 Å². The van der Waals surface area contributed by atoms with E-state index in [0.717, 1.165) is 5.69 Å². The Kier molecular flexibility index (Phi) is 3.80. The lowest BCUT2D eigenvalue weighted by Crippen LogP contribution is -2.24. The Morgan fingerprint density at radius 2 is 2.06 bits per heavy atom. The summed E-state index contributed by atoms with van der Waals surface area (Å²) >= 11 is 0. The van der Waals surface area contributed by atoms with Gasteiger partial charge in [-0.1, -0.05) is 6.92 Å². The molecule has 0 fully saturated rings. The van der Waals surface area contributed by atoms with Gasteiger partial charge in [0.15, 0.2) is 0 Å². The van der Waals surface area contributed by atoms with Gasteiger partial charge in [0.2, 0.25) is 5.88 Å². The number of nitrogens with zero attached hydrogens (tertiary/aromatic N) is 2. The molecule has 0 unspecified atom stereocenters. The molecule has 0 saturated heterocycles. The summed E-state index contributed by atoms with van der Waals surface area (Å²) < 4.78 is 7.08. The first-order chi connectivity index (χ1) is 7.81. The van der Waals surface area contributed by atoms with Crippen LogP contribution in [0.4, 0.5) is 0 Å². The molecular formula is C12H20N2O3. The number of aromatic nitrogens is 2. The van der Waals surface area contributed by atoms with E-state index in [1.807, 2.05) is 27.7 Å². The molecule has 17 heavy (non-hydrogen) atoms. The molecule has 0 atom stereocenters. The molecule has 5 nitrogen and oxygen atoms in total. The number of carboxylic acid groups (broad SMARTS) is 1. The Morgan fingerprint density at radius 3 is 2.41 bits per heavy atom. The molecule has 0 aliphatic carbocycles. The van der Waals surface area contributed by atoms with Crippen molar-refractivity contribution in [1.29, 1.82) is 0 Å². The van der Waals surface area contributed by atoms with Gasteiger partial charge in [-0.3, -0.25) is 4.79 Å². The molecule has 5 heteroatoms. The number of hydrogen-bond acceptors (Lipinski definition) is 3. The molecule has 96 valence electrons. The van der Waals surface area contributed by atoms with Gasteiger partial charge in [-0.25, -0.2) is 4.68 Å². The fraction of sp³-hybridized carbons (Fsp3) is 0.667. The number of aryl methyl sites for hydroxylation is 1. The van der Waals surface area contributed by atoms with E-state index in [1.54, 1.807) is 11.8 Å². The lowest BCUT2D eigenvalue weighted by Gasteiger charge is -2.21. The highest BCUT2D eigenvalue weighted by molar-refractivity contribution is 5.71. The van der Waals surface area contributed by atoms with Crippen molar-refractivity contribution < 1.29 is 14.6 Å². The molecule has 0 spiro atoms. The van der Waals surface area contributed by atoms with Crippen molar-refractivity contribution >= 4 is 5.97 Å². The quantitative estimate of drug-likeness (QED) is 0.872. The minimum Gasteiger partial charge on any atom is -0.481 e. The van der Waals surface area contributed by atoms with Crippen LogP contribution in [0.2, 0.25) is 0 Å². The number of hydrogen-bond donors (Lipinski definition) is 1. The van der Waals surface area contributed by atoms with Gasteiger partial charge in [-0.2, -0.15) is 5.10 Å². The van der Waals surface area contributed by atoms with Crippen LogP contribution in [0.25, 0.3) is 0 Å². The molecule has 0 saturated carbocycles. The highest BCUT2D eigenvalue weighted by Crippen LogP contribution is 2.29. The smallest absolute Gasteiger partial charge is 0.308 e.